The van der Waals surface area contributed by atoms with Gasteiger partial charge in [0, 0.05) is 34.6 Å². The van der Waals surface area contributed by atoms with Crippen LogP contribution in [0.15, 0.2) is 72.9 Å². The van der Waals surface area contributed by atoms with E-state index in [-0.39, 0.29) is 5.91 Å². The van der Waals surface area contributed by atoms with Gasteiger partial charge in [-0.2, -0.15) is 0 Å². The third kappa shape index (κ3) is 2.98. The predicted molar refractivity (Wildman–Crippen MR) is 130 cm³/mol. The summed E-state index contributed by atoms with van der Waals surface area (Å²) in [5.74, 6) is -0.112. The minimum absolute atomic E-state index is 0.112. The zero-order chi connectivity index (χ0) is 21.7. The molecule has 3 aromatic carbocycles. The SMILES string of the molecule is O=C(NCCc1c[nH]c2ccccc12)c1ccc2c(c1)[nH]c(=S)n1c3ccccc3nc21. The first kappa shape index (κ1) is 18.8. The van der Waals surface area contributed by atoms with Crippen molar-refractivity contribution in [3.05, 3.63) is 88.8 Å². The molecule has 156 valence electrons. The number of amides is 1. The summed E-state index contributed by atoms with van der Waals surface area (Å²) >= 11 is 5.59. The molecule has 6 nitrogen and oxygen atoms in total. The van der Waals surface area contributed by atoms with Crippen LogP contribution in [0.2, 0.25) is 0 Å². The zero-order valence-corrected chi connectivity index (χ0v) is 17.9. The van der Waals surface area contributed by atoms with Crippen LogP contribution in [0.25, 0.3) is 38.5 Å². The highest BCUT2D eigenvalue weighted by atomic mass is 32.1. The third-order valence-electron chi connectivity index (χ3n) is 5.88. The van der Waals surface area contributed by atoms with Crippen molar-refractivity contribution < 1.29 is 4.79 Å². The molecule has 3 N–H and O–H groups in total. The molecule has 6 rings (SSSR count). The van der Waals surface area contributed by atoms with Crippen molar-refractivity contribution >= 4 is 56.6 Å². The molecule has 0 spiro atoms. The summed E-state index contributed by atoms with van der Waals surface area (Å²) in [5, 5.41) is 5.14. The Bertz CT molecular complexity index is 1710. The Balaban J connectivity index is 1.28. The molecule has 0 radical (unpaired) electrons. The van der Waals surface area contributed by atoms with Crippen molar-refractivity contribution in [3.63, 3.8) is 0 Å². The molecule has 3 aromatic heterocycles. The quantitative estimate of drug-likeness (QED) is 0.334. The van der Waals surface area contributed by atoms with Crippen LogP contribution in [0, 0.1) is 4.77 Å². The molecule has 0 bridgehead atoms. The van der Waals surface area contributed by atoms with Crippen LogP contribution < -0.4 is 5.32 Å². The lowest BCUT2D eigenvalue weighted by molar-refractivity contribution is 0.0954. The van der Waals surface area contributed by atoms with Crippen molar-refractivity contribution in [1.29, 1.82) is 0 Å². The van der Waals surface area contributed by atoms with Crippen molar-refractivity contribution in [2.45, 2.75) is 6.42 Å². The second-order valence-electron chi connectivity index (χ2n) is 7.82. The van der Waals surface area contributed by atoms with Gasteiger partial charge in [0.2, 0.25) is 0 Å². The lowest BCUT2D eigenvalue weighted by Crippen LogP contribution is -2.25. The van der Waals surface area contributed by atoms with E-state index in [1.807, 2.05) is 65.2 Å². The fourth-order valence-corrected chi connectivity index (χ4v) is 4.61. The van der Waals surface area contributed by atoms with Crippen LogP contribution in [0.3, 0.4) is 0 Å². The van der Waals surface area contributed by atoms with E-state index in [0.717, 1.165) is 39.5 Å². The van der Waals surface area contributed by atoms with Gasteiger partial charge < -0.3 is 15.3 Å². The second-order valence-corrected chi connectivity index (χ2v) is 8.20. The van der Waals surface area contributed by atoms with Crippen molar-refractivity contribution in [1.82, 2.24) is 24.7 Å². The van der Waals surface area contributed by atoms with Crippen LogP contribution >= 0.6 is 12.2 Å². The smallest absolute Gasteiger partial charge is 0.251 e. The van der Waals surface area contributed by atoms with Crippen LogP contribution in [0.4, 0.5) is 0 Å². The Morgan fingerprint density at radius 3 is 2.78 bits per heavy atom. The number of carbonyl (C=O) groups excluding carboxylic acids is 1. The molecule has 6 aromatic rings. The van der Waals surface area contributed by atoms with E-state index in [9.17, 15) is 4.79 Å². The van der Waals surface area contributed by atoms with Crippen molar-refractivity contribution in [2.75, 3.05) is 6.54 Å². The highest BCUT2D eigenvalue weighted by molar-refractivity contribution is 7.71. The van der Waals surface area contributed by atoms with Gasteiger partial charge in [-0.3, -0.25) is 9.20 Å². The van der Waals surface area contributed by atoms with E-state index in [4.69, 9.17) is 17.2 Å². The van der Waals surface area contributed by atoms with Crippen LogP contribution in [0.5, 0.6) is 0 Å². The summed E-state index contributed by atoms with van der Waals surface area (Å²) in [6.45, 7) is 0.555. The Morgan fingerprint density at radius 1 is 1.00 bits per heavy atom. The molecular formula is C25H19N5OS. The maximum atomic E-state index is 12.8. The number of rotatable bonds is 4. The number of hydrogen-bond acceptors (Lipinski definition) is 3. The lowest BCUT2D eigenvalue weighted by atomic mass is 10.1. The number of fused-ring (bicyclic) bond motifs is 6. The molecule has 0 aliphatic rings. The summed E-state index contributed by atoms with van der Waals surface area (Å²) in [6, 6.07) is 21.7. The second kappa shape index (κ2) is 7.32. The number of aromatic amines is 2. The maximum Gasteiger partial charge on any atom is 0.251 e. The standard InChI is InChI=1S/C25H19N5OS/c31-24(26-12-11-16-14-27-19-6-2-1-5-17(16)19)15-9-10-18-21(13-15)29-25(32)30-22-8-4-3-7-20(22)28-23(18)30/h1-10,13-14,27H,11-12H2,(H,26,31)(H,29,32). The molecule has 3 heterocycles. The molecule has 7 heteroatoms. The van der Waals surface area contributed by atoms with E-state index in [1.54, 1.807) is 0 Å². The minimum Gasteiger partial charge on any atom is -0.361 e. The summed E-state index contributed by atoms with van der Waals surface area (Å²) in [7, 11) is 0. The highest BCUT2D eigenvalue weighted by Crippen LogP contribution is 2.24. The number of benzene rings is 3. The first-order valence-electron chi connectivity index (χ1n) is 10.5. The van der Waals surface area contributed by atoms with E-state index in [2.05, 4.69) is 27.4 Å². The number of hydrogen-bond donors (Lipinski definition) is 3. The normalized spacial score (nSPS) is 11.6. The van der Waals surface area contributed by atoms with Gasteiger partial charge in [0.15, 0.2) is 4.77 Å². The number of aromatic nitrogens is 4. The number of carbonyl (C=O) groups is 1. The predicted octanol–water partition coefficient (Wildman–Crippen LogP) is 5.15. The first-order chi connectivity index (χ1) is 15.7. The van der Waals surface area contributed by atoms with Gasteiger partial charge in [-0.05, 0) is 60.6 Å². The van der Waals surface area contributed by atoms with Crippen molar-refractivity contribution in [3.8, 4) is 0 Å². The van der Waals surface area contributed by atoms with Crippen LogP contribution in [-0.4, -0.2) is 31.8 Å². The monoisotopic (exact) mass is 437 g/mol. The van der Waals surface area contributed by atoms with Gasteiger partial charge in [0.25, 0.3) is 5.91 Å². The van der Waals surface area contributed by atoms with Gasteiger partial charge in [-0.15, -0.1) is 0 Å². The maximum absolute atomic E-state index is 12.8. The van der Waals surface area contributed by atoms with E-state index < -0.39 is 0 Å². The van der Waals surface area contributed by atoms with Gasteiger partial charge in [0.05, 0.1) is 16.6 Å². The van der Waals surface area contributed by atoms with Crippen LogP contribution in [0.1, 0.15) is 15.9 Å². The van der Waals surface area contributed by atoms with Gasteiger partial charge in [-0.1, -0.05) is 30.3 Å². The van der Waals surface area contributed by atoms with Gasteiger partial charge in [0.1, 0.15) is 5.65 Å². The third-order valence-corrected chi connectivity index (χ3v) is 6.17. The van der Waals surface area contributed by atoms with E-state index in [0.29, 0.717) is 16.9 Å². The van der Waals surface area contributed by atoms with E-state index in [1.165, 1.54) is 10.9 Å². The summed E-state index contributed by atoms with van der Waals surface area (Å²) in [5.41, 5.74) is 6.32. The Hall–Kier alpha value is -3.97. The molecule has 32 heavy (non-hydrogen) atoms. The largest absolute Gasteiger partial charge is 0.361 e. The summed E-state index contributed by atoms with van der Waals surface area (Å²) in [4.78, 5) is 24.1. The molecule has 0 aliphatic carbocycles. The summed E-state index contributed by atoms with van der Waals surface area (Å²) in [6.07, 6.45) is 2.76. The number of H-pyrrole nitrogens is 2. The molecule has 0 fully saturated rings. The fourth-order valence-electron chi connectivity index (χ4n) is 4.32. The number of para-hydroxylation sites is 3. The molecular weight excluding hydrogens is 418 g/mol. The van der Waals surface area contributed by atoms with Gasteiger partial charge in [-0.25, -0.2) is 4.98 Å². The topological polar surface area (TPSA) is 78.0 Å². The minimum atomic E-state index is -0.112. The van der Waals surface area contributed by atoms with E-state index >= 15 is 0 Å². The average molecular weight is 438 g/mol. The number of nitrogens with zero attached hydrogens (tertiary/aromatic N) is 2. The van der Waals surface area contributed by atoms with Gasteiger partial charge >= 0.3 is 0 Å². The number of imidazole rings is 1. The molecule has 0 atom stereocenters. The Labute approximate surface area is 187 Å². The highest BCUT2D eigenvalue weighted by Gasteiger charge is 2.12. The molecule has 0 aliphatic heterocycles. The fraction of sp³-hybridized carbons (Fsp3) is 0.0800. The van der Waals surface area contributed by atoms with Crippen molar-refractivity contribution in [2.24, 2.45) is 0 Å². The summed E-state index contributed by atoms with van der Waals surface area (Å²) < 4.78 is 2.49. The van der Waals surface area contributed by atoms with Crippen LogP contribution in [-0.2, 0) is 6.42 Å². The Morgan fingerprint density at radius 2 is 1.84 bits per heavy atom. The average Bonchev–Trinajstić information content (AvgIpc) is 3.41. The molecule has 1 amide bonds. The lowest BCUT2D eigenvalue weighted by Gasteiger charge is -2.07. The zero-order valence-electron chi connectivity index (χ0n) is 17.1. The molecule has 0 unspecified atom stereocenters. The first-order valence-corrected chi connectivity index (χ1v) is 10.9. The number of nitrogens with one attached hydrogen (secondary N) is 3. The Kier molecular flexibility index (Phi) is 4.29. The molecule has 0 saturated carbocycles. The molecule has 0 saturated heterocycles.